The summed E-state index contributed by atoms with van der Waals surface area (Å²) in [4.78, 5) is 0. The molecular weight excluding hydrogens is 268 g/mol. The van der Waals surface area contributed by atoms with E-state index in [1.165, 1.54) is 0 Å². The predicted octanol–water partition coefficient (Wildman–Crippen LogP) is 3.01. The van der Waals surface area contributed by atoms with Gasteiger partial charge in [0.15, 0.2) is 0 Å². The molecule has 1 N–H and O–H groups in total. The average Bonchev–Trinajstić information content (AvgIpc) is 2.92. The van der Waals surface area contributed by atoms with Crippen LogP contribution < -0.4 is 5.32 Å². The van der Waals surface area contributed by atoms with Gasteiger partial charge in [-0.25, -0.2) is 0 Å². The van der Waals surface area contributed by atoms with Gasteiger partial charge in [-0.3, -0.25) is 0 Å². The highest BCUT2D eigenvalue weighted by Gasteiger charge is 2.06. The Kier molecular flexibility index (Phi) is 5.22. The standard InChI is InChI=1S/C15H18N4S/c1-11(2)17-9-3-4-14-18-19-15(20-14)13-7-5-12(10-16)6-8-13/h5-8,11,17H,3-4,9H2,1-2H3. The summed E-state index contributed by atoms with van der Waals surface area (Å²) in [5.41, 5.74) is 1.69. The zero-order valence-electron chi connectivity index (χ0n) is 11.8. The smallest absolute Gasteiger partial charge is 0.147 e. The molecule has 2 aromatic rings. The van der Waals surface area contributed by atoms with E-state index in [0.717, 1.165) is 35.0 Å². The number of benzene rings is 1. The Hall–Kier alpha value is -1.77. The first kappa shape index (κ1) is 14.6. The summed E-state index contributed by atoms with van der Waals surface area (Å²) >= 11 is 1.63. The number of aryl methyl sites for hydroxylation is 1. The lowest BCUT2D eigenvalue weighted by atomic mass is 10.2. The molecule has 0 saturated heterocycles. The highest BCUT2D eigenvalue weighted by Crippen LogP contribution is 2.24. The molecule has 0 saturated carbocycles. The van der Waals surface area contributed by atoms with Crippen molar-refractivity contribution in [1.29, 1.82) is 5.26 Å². The van der Waals surface area contributed by atoms with Crippen LogP contribution in [0.4, 0.5) is 0 Å². The summed E-state index contributed by atoms with van der Waals surface area (Å²) in [5.74, 6) is 0. The Bertz CT molecular complexity index is 581. The number of nitriles is 1. The van der Waals surface area contributed by atoms with Crippen LogP contribution in [0.1, 0.15) is 30.8 Å². The third-order valence-corrected chi connectivity index (χ3v) is 3.88. The zero-order valence-corrected chi connectivity index (χ0v) is 12.6. The SMILES string of the molecule is CC(C)NCCCc1nnc(-c2ccc(C#N)cc2)s1. The largest absolute Gasteiger partial charge is 0.315 e. The van der Waals surface area contributed by atoms with Gasteiger partial charge in [-0.2, -0.15) is 5.26 Å². The second-order valence-electron chi connectivity index (χ2n) is 4.90. The van der Waals surface area contributed by atoms with E-state index >= 15 is 0 Å². The first-order valence-corrected chi connectivity index (χ1v) is 7.57. The summed E-state index contributed by atoms with van der Waals surface area (Å²) in [5, 5.41) is 22.6. The van der Waals surface area contributed by atoms with Crippen molar-refractivity contribution in [2.75, 3.05) is 6.54 Å². The molecule has 4 nitrogen and oxygen atoms in total. The monoisotopic (exact) mass is 286 g/mol. The number of nitrogens with zero attached hydrogens (tertiary/aromatic N) is 3. The number of hydrogen-bond donors (Lipinski definition) is 1. The topological polar surface area (TPSA) is 61.6 Å². The number of aromatic nitrogens is 2. The first-order valence-electron chi connectivity index (χ1n) is 6.75. The van der Waals surface area contributed by atoms with Crippen LogP contribution in [0.3, 0.4) is 0 Å². The van der Waals surface area contributed by atoms with E-state index in [2.05, 4.69) is 35.4 Å². The summed E-state index contributed by atoms with van der Waals surface area (Å²) in [6.45, 7) is 5.30. The van der Waals surface area contributed by atoms with Crippen molar-refractivity contribution in [3.8, 4) is 16.6 Å². The molecule has 0 bridgehead atoms. The minimum absolute atomic E-state index is 0.527. The number of rotatable bonds is 6. The van der Waals surface area contributed by atoms with Crippen molar-refractivity contribution in [2.24, 2.45) is 0 Å². The molecule has 2 rings (SSSR count). The molecule has 0 aliphatic heterocycles. The van der Waals surface area contributed by atoms with E-state index in [1.54, 1.807) is 11.3 Å². The summed E-state index contributed by atoms with van der Waals surface area (Å²) in [6, 6.07) is 10.1. The van der Waals surface area contributed by atoms with Crippen LogP contribution in [0.2, 0.25) is 0 Å². The Labute approximate surface area is 123 Å². The van der Waals surface area contributed by atoms with Gasteiger partial charge < -0.3 is 5.32 Å². The second-order valence-corrected chi connectivity index (χ2v) is 5.96. The molecule has 0 atom stereocenters. The molecule has 0 fully saturated rings. The molecule has 1 heterocycles. The van der Waals surface area contributed by atoms with Gasteiger partial charge in [0.05, 0.1) is 11.6 Å². The fraction of sp³-hybridized carbons (Fsp3) is 0.400. The van der Waals surface area contributed by atoms with E-state index in [9.17, 15) is 0 Å². The van der Waals surface area contributed by atoms with Crippen LogP contribution in [-0.2, 0) is 6.42 Å². The van der Waals surface area contributed by atoms with E-state index in [-0.39, 0.29) is 0 Å². The van der Waals surface area contributed by atoms with Crippen molar-refractivity contribution < 1.29 is 0 Å². The lowest BCUT2D eigenvalue weighted by Gasteiger charge is -2.05. The number of nitrogens with one attached hydrogen (secondary N) is 1. The van der Waals surface area contributed by atoms with Crippen LogP contribution in [0.25, 0.3) is 10.6 Å². The second kappa shape index (κ2) is 7.13. The molecule has 0 spiro atoms. The first-order chi connectivity index (χ1) is 9.69. The summed E-state index contributed by atoms with van der Waals surface area (Å²) in [6.07, 6.45) is 2.02. The van der Waals surface area contributed by atoms with Gasteiger partial charge in [-0.05, 0) is 25.1 Å². The normalized spacial score (nSPS) is 10.7. The maximum absolute atomic E-state index is 8.78. The number of hydrogen-bond acceptors (Lipinski definition) is 5. The molecule has 0 aliphatic rings. The molecule has 5 heteroatoms. The molecule has 104 valence electrons. The lowest BCUT2D eigenvalue weighted by molar-refractivity contribution is 0.569. The fourth-order valence-electron chi connectivity index (χ4n) is 1.79. The van der Waals surface area contributed by atoms with Gasteiger partial charge in [-0.1, -0.05) is 37.3 Å². The van der Waals surface area contributed by atoms with Crippen molar-refractivity contribution in [1.82, 2.24) is 15.5 Å². The molecule has 0 radical (unpaired) electrons. The average molecular weight is 286 g/mol. The van der Waals surface area contributed by atoms with Crippen LogP contribution in [0.15, 0.2) is 24.3 Å². The van der Waals surface area contributed by atoms with E-state index in [1.807, 2.05) is 24.3 Å². The van der Waals surface area contributed by atoms with E-state index in [4.69, 9.17) is 5.26 Å². The minimum atomic E-state index is 0.527. The maximum atomic E-state index is 8.78. The van der Waals surface area contributed by atoms with Gasteiger partial charge in [-0.15, -0.1) is 10.2 Å². The molecular formula is C15H18N4S. The summed E-state index contributed by atoms with van der Waals surface area (Å²) in [7, 11) is 0. The molecule has 20 heavy (non-hydrogen) atoms. The minimum Gasteiger partial charge on any atom is -0.315 e. The zero-order chi connectivity index (χ0) is 14.4. The molecule has 0 aliphatic carbocycles. The third kappa shape index (κ3) is 4.12. The van der Waals surface area contributed by atoms with Gasteiger partial charge in [0, 0.05) is 18.0 Å². The van der Waals surface area contributed by atoms with E-state index in [0.29, 0.717) is 11.6 Å². The predicted molar refractivity (Wildman–Crippen MR) is 81.5 cm³/mol. The molecule has 0 unspecified atom stereocenters. The van der Waals surface area contributed by atoms with Crippen LogP contribution in [-0.4, -0.2) is 22.8 Å². The van der Waals surface area contributed by atoms with Crippen molar-refractivity contribution in [3.05, 3.63) is 34.8 Å². The highest BCUT2D eigenvalue weighted by molar-refractivity contribution is 7.14. The quantitative estimate of drug-likeness (QED) is 0.829. The Morgan fingerprint density at radius 3 is 2.65 bits per heavy atom. The van der Waals surface area contributed by atoms with Crippen molar-refractivity contribution in [3.63, 3.8) is 0 Å². The van der Waals surface area contributed by atoms with E-state index < -0.39 is 0 Å². The molecule has 0 amide bonds. The Morgan fingerprint density at radius 1 is 1.25 bits per heavy atom. The maximum Gasteiger partial charge on any atom is 0.147 e. The van der Waals surface area contributed by atoms with Gasteiger partial charge >= 0.3 is 0 Å². The van der Waals surface area contributed by atoms with Crippen molar-refractivity contribution >= 4 is 11.3 Å². The van der Waals surface area contributed by atoms with Gasteiger partial charge in [0.25, 0.3) is 0 Å². The molecule has 1 aromatic carbocycles. The Balaban J connectivity index is 1.93. The molecule has 1 aromatic heterocycles. The highest BCUT2D eigenvalue weighted by atomic mass is 32.1. The van der Waals surface area contributed by atoms with Crippen LogP contribution in [0, 0.1) is 11.3 Å². The van der Waals surface area contributed by atoms with Gasteiger partial charge in [0.1, 0.15) is 10.0 Å². The van der Waals surface area contributed by atoms with Gasteiger partial charge in [0.2, 0.25) is 0 Å². The van der Waals surface area contributed by atoms with Crippen molar-refractivity contribution in [2.45, 2.75) is 32.7 Å². The lowest BCUT2D eigenvalue weighted by Crippen LogP contribution is -2.23. The van der Waals surface area contributed by atoms with Crippen LogP contribution >= 0.6 is 11.3 Å². The Morgan fingerprint density at radius 2 is 2.00 bits per heavy atom. The van der Waals surface area contributed by atoms with Crippen LogP contribution in [0.5, 0.6) is 0 Å². The summed E-state index contributed by atoms with van der Waals surface area (Å²) < 4.78 is 0. The fourth-order valence-corrected chi connectivity index (χ4v) is 2.68. The third-order valence-electron chi connectivity index (χ3n) is 2.85.